The van der Waals surface area contributed by atoms with Crippen molar-refractivity contribution in [1.29, 1.82) is 0 Å². The maximum atomic E-state index is 11.5. The van der Waals surface area contributed by atoms with E-state index in [1.807, 2.05) is 0 Å². The Morgan fingerprint density at radius 3 is 2.37 bits per heavy atom. The molecule has 3 fully saturated rings. The molecule has 0 bridgehead atoms. The van der Waals surface area contributed by atoms with Crippen LogP contribution in [0.4, 0.5) is 0 Å². The average Bonchev–Trinajstić information content (AvgIpc) is 2.93. The molecule has 240 valence electrons. The topological polar surface area (TPSA) is 269 Å². The minimum atomic E-state index is -1.69. The number of amidine groups is 1. The largest absolute Gasteiger partial charge is 0.396 e. The van der Waals surface area contributed by atoms with Crippen molar-refractivity contribution in [3.05, 3.63) is 0 Å². The van der Waals surface area contributed by atoms with E-state index in [0.717, 1.165) is 19.3 Å². The zero-order chi connectivity index (χ0) is 30.5. The van der Waals surface area contributed by atoms with E-state index >= 15 is 0 Å². The molecule has 0 aromatic carbocycles. The van der Waals surface area contributed by atoms with Gasteiger partial charge in [-0.25, -0.2) is 0 Å². The van der Waals surface area contributed by atoms with Crippen LogP contribution in [0.3, 0.4) is 0 Å². The Labute approximate surface area is 240 Å². The molecule has 14 atom stereocenters. The second kappa shape index (κ2) is 15.1. The fraction of sp³-hybridized carbons (Fsp3) is 0.962. The maximum absolute atomic E-state index is 11.5. The molecule has 13 N–H and O–H groups in total. The van der Waals surface area contributed by atoms with Crippen molar-refractivity contribution in [3.63, 3.8) is 0 Å². The standard InChI is InChI=1S/C26H50N4O11/c1-12-18(34)25(38-11-26(12,2)37)41-22-16(30-23(29)19(35)17(33)10-32)9-15(28)21(20(22)36)40-24-14(27)7-6-13(39-24)5-3-4-8-31/h12-22,24-25,31-37H,3-11,27-28H2,1-2H3,(H2,29,30)/t12-,13-,14?,15+,16-,17?,18?,19?,20?,21?,22?,24-,25-,26?/m1/s1. The number of hydrogen-bond donors (Lipinski definition) is 10. The zero-order valence-corrected chi connectivity index (χ0v) is 23.8. The quantitative estimate of drug-likeness (QED) is 0.0594. The highest BCUT2D eigenvalue weighted by Crippen LogP contribution is 2.35. The van der Waals surface area contributed by atoms with Gasteiger partial charge in [0.25, 0.3) is 0 Å². The summed E-state index contributed by atoms with van der Waals surface area (Å²) in [6.07, 6.45) is -6.94. The Kier molecular flexibility index (Phi) is 12.7. The highest BCUT2D eigenvalue weighted by Gasteiger charge is 2.51. The Morgan fingerprint density at radius 1 is 1.02 bits per heavy atom. The van der Waals surface area contributed by atoms with Crippen LogP contribution in [0.25, 0.3) is 0 Å². The van der Waals surface area contributed by atoms with Crippen LogP contribution in [0.5, 0.6) is 0 Å². The molecule has 0 aromatic rings. The number of unbranched alkanes of at least 4 members (excludes halogenated alkanes) is 1. The normalized spacial score (nSPS) is 44.0. The number of nitrogens with two attached hydrogens (primary N) is 3. The van der Waals surface area contributed by atoms with Crippen LogP contribution in [0.1, 0.15) is 52.4 Å². The van der Waals surface area contributed by atoms with Gasteiger partial charge >= 0.3 is 0 Å². The third-order valence-electron chi connectivity index (χ3n) is 8.48. The number of aliphatic hydroxyl groups excluding tert-OH is 6. The van der Waals surface area contributed by atoms with Crippen LogP contribution >= 0.6 is 0 Å². The molecule has 2 heterocycles. The van der Waals surface area contributed by atoms with Gasteiger partial charge in [-0.05, 0) is 45.4 Å². The molecule has 0 amide bonds. The van der Waals surface area contributed by atoms with Crippen LogP contribution < -0.4 is 17.2 Å². The molecule has 2 aliphatic heterocycles. The van der Waals surface area contributed by atoms with Gasteiger partial charge in [0.05, 0.1) is 37.0 Å². The monoisotopic (exact) mass is 594 g/mol. The summed E-state index contributed by atoms with van der Waals surface area (Å²) in [7, 11) is 0. The van der Waals surface area contributed by atoms with Gasteiger partial charge in [0, 0.05) is 18.6 Å². The lowest BCUT2D eigenvalue weighted by molar-refractivity contribution is -0.313. The van der Waals surface area contributed by atoms with E-state index in [0.29, 0.717) is 12.8 Å². The fourth-order valence-electron chi connectivity index (χ4n) is 5.47. The SMILES string of the molecule is C[C@@H]1C(O)[C@@H](OC2C(O)C(O[C@H]3O[C@H](CCCCO)CCC3N)[C@@H](N)C[C@H]2N=C(N)C(O)C(O)CO)OCC1(C)O. The molecule has 2 saturated heterocycles. The lowest BCUT2D eigenvalue weighted by atomic mass is 9.82. The predicted octanol–water partition coefficient (Wildman–Crippen LogP) is -3.61. The summed E-state index contributed by atoms with van der Waals surface area (Å²) in [6.45, 7) is 2.36. The van der Waals surface area contributed by atoms with Gasteiger partial charge in [-0.1, -0.05) is 6.92 Å². The first-order valence-electron chi connectivity index (χ1n) is 14.4. The molecule has 15 heteroatoms. The van der Waals surface area contributed by atoms with E-state index in [4.69, 9.17) is 41.3 Å². The summed E-state index contributed by atoms with van der Waals surface area (Å²) >= 11 is 0. The van der Waals surface area contributed by atoms with Crippen molar-refractivity contribution in [1.82, 2.24) is 0 Å². The number of ether oxygens (including phenoxy) is 4. The number of hydrogen-bond acceptors (Lipinski definition) is 14. The van der Waals surface area contributed by atoms with Crippen LogP contribution in [-0.4, -0.2) is 140 Å². The summed E-state index contributed by atoms with van der Waals surface area (Å²) in [4.78, 5) is 4.27. The molecule has 0 aromatic heterocycles. The lowest BCUT2D eigenvalue weighted by Crippen LogP contribution is -2.64. The molecule has 3 aliphatic rings. The van der Waals surface area contributed by atoms with Gasteiger partial charge < -0.3 is 71.9 Å². The van der Waals surface area contributed by atoms with Crippen molar-refractivity contribution in [2.45, 2.75) is 131 Å². The Balaban J connectivity index is 1.82. The summed E-state index contributed by atoms with van der Waals surface area (Å²) in [5.41, 5.74) is 17.3. The van der Waals surface area contributed by atoms with Crippen molar-refractivity contribution in [2.75, 3.05) is 19.8 Å². The average molecular weight is 595 g/mol. The van der Waals surface area contributed by atoms with E-state index in [1.54, 1.807) is 6.92 Å². The van der Waals surface area contributed by atoms with E-state index in [1.165, 1.54) is 6.92 Å². The molecule has 8 unspecified atom stereocenters. The Hall–Kier alpha value is -1.05. The van der Waals surface area contributed by atoms with Crippen LogP contribution in [0.2, 0.25) is 0 Å². The fourth-order valence-corrected chi connectivity index (χ4v) is 5.47. The summed E-state index contributed by atoms with van der Waals surface area (Å²) < 4.78 is 23.9. The molecule has 15 nitrogen and oxygen atoms in total. The van der Waals surface area contributed by atoms with Crippen molar-refractivity contribution in [2.24, 2.45) is 28.1 Å². The zero-order valence-electron chi connectivity index (χ0n) is 23.8. The van der Waals surface area contributed by atoms with E-state index < -0.39 is 91.3 Å². The number of rotatable bonds is 12. The first-order valence-corrected chi connectivity index (χ1v) is 14.4. The van der Waals surface area contributed by atoms with Crippen LogP contribution in [0, 0.1) is 5.92 Å². The highest BCUT2D eigenvalue weighted by atomic mass is 16.7. The van der Waals surface area contributed by atoms with Gasteiger partial charge in [0.15, 0.2) is 12.6 Å². The third kappa shape index (κ3) is 8.53. The van der Waals surface area contributed by atoms with Crippen molar-refractivity contribution < 1.29 is 54.7 Å². The van der Waals surface area contributed by atoms with Crippen molar-refractivity contribution >= 4 is 5.84 Å². The van der Waals surface area contributed by atoms with Gasteiger partial charge in [-0.15, -0.1) is 0 Å². The van der Waals surface area contributed by atoms with E-state index in [-0.39, 0.29) is 25.7 Å². The maximum Gasteiger partial charge on any atom is 0.184 e. The van der Waals surface area contributed by atoms with Gasteiger partial charge in [0.1, 0.15) is 42.5 Å². The molecular formula is C26H50N4O11. The Morgan fingerprint density at radius 2 is 1.71 bits per heavy atom. The first-order chi connectivity index (χ1) is 19.3. The lowest BCUT2D eigenvalue weighted by Gasteiger charge is -2.48. The molecular weight excluding hydrogens is 544 g/mol. The summed E-state index contributed by atoms with van der Waals surface area (Å²) in [5.74, 6) is -1.05. The molecule has 1 aliphatic carbocycles. The molecule has 0 spiro atoms. The smallest absolute Gasteiger partial charge is 0.184 e. The van der Waals surface area contributed by atoms with Gasteiger partial charge in [0.2, 0.25) is 0 Å². The molecule has 3 rings (SSSR count). The van der Waals surface area contributed by atoms with Crippen molar-refractivity contribution in [3.8, 4) is 0 Å². The molecule has 0 radical (unpaired) electrons. The highest BCUT2D eigenvalue weighted by molar-refractivity contribution is 5.85. The predicted molar refractivity (Wildman–Crippen MR) is 145 cm³/mol. The molecule has 41 heavy (non-hydrogen) atoms. The van der Waals surface area contributed by atoms with E-state index in [9.17, 15) is 30.6 Å². The van der Waals surface area contributed by atoms with Crippen LogP contribution in [0.15, 0.2) is 4.99 Å². The third-order valence-corrected chi connectivity index (χ3v) is 8.48. The first kappa shape index (κ1) is 34.4. The minimum Gasteiger partial charge on any atom is -0.396 e. The second-order valence-corrected chi connectivity index (χ2v) is 11.8. The van der Waals surface area contributed by atoms with Gasteiger partial charge in [-0.3, -0.25) is 4.99 Å². The number of aliphatic hydroxyl groups is 7. The second-order valence-electron chi connectivity index (χ2n) is 11.8. The minimum absolute atomic E-state index is 0.0486. The Bertz CT molecular complexity index is 839. The van der Waals surface area contributed by atoms with E-state index in [2.05, 4.69) is 4.99 Å². The van der Waals surface area contributed by atoms with Crippen LogP contribution in [-0.2, 0) is 18.9 Å². The van der Waals surface area contributed by atoms with Gasteiger partial charge in [-0.2, -0.15) is 0 Å². The summed E-state index contributed by atoms with van der Waals surface area (Å²) in [6, 6.07) is -2.26. The molecule has 1 saturated carbocycles. The number of nitrogens with zero attached hydrogens (tertiary/aromatic N) is 1. The summed E-state index contributed by atoms with van der Waals surface area (Å²) in [5, 5.41) is 71.1. The number of aliphatic imine (C=N–C) groups is 1.